The van der Waals surface area contributed by atoms with E-state index in [1.54, 1.807) is 0 Å². The van der Waals surface area contributed by atoms with Crippen LogP contribution in [0.3, 0.4) is 0 Å². The van der Waals surface area contributed by atoms with Crippen molar-refractivity contribution in [3.05, 3.63) is 29.8 Å². The highest BCUT2D eigenvalue weighted by Gasteiger charge is 2.44. The van der Waals surface area contributed by atoms with Crippen molar-refractivity contribution >= 4 is 11.8 Å². The minimum atomic E-state index is -0.109. The summed E-state index contributed by atoms with van der Waals surface area (Å²) < 4.78 is 0. The van der Waals surface area contributed by atoms with Crippen molar-refractivity contribution in [2.45, 2.75) is 50.1 Å². The van der Waals surface area contributed by atoms with E-state index < -0.39 is 0 Å². The summed E-state index contributed by atoms with van der Waals surface area (Å²) in [6, 6.07) is 9.00. The highest BCUT2D eigenvalue weighted by molar-refractivity contribution is 7.99. The highest BCUT2D eigenvalue weighted by atomic mass is 32.2. The molecule has 2 N–H and O–H groups in total. The van der Waals surface area contributed by atoms with Crippen molar-refractivity contribution in [1.82, 2.24) is 5.32 Å². The van der Waals surface area contributed by atoms with Crippen LogP contribution in [0.5, 0.6) is 0 Å². The lowest BCUT2D eigenvalue weighted by Crippen LogP contribution is -2.55. The van der Waals surface area contributed by atoms with Crippen molar-refractivity contribution in [1.29, 1.82) is 0 Å². The molecule has 0 heterocycles. The van der Waals surface area contributed by atoms with Gasteiger partial charge in [-0.25, -0.2) is 0 Å². The van der Waals surface area contributed by atoms with Gasteiger partial charge in [-0.3, -0.25) is 0 Å². The molecule has 106 valence electrons. The standard InChI is InChI=1S/C16H25NOS/c1-12(2)17-16(10-18,14-7-8-14)11-19-15-6-4-5-13(3)9-15/h4-6,9,12,14,17-18H,7-8,10-11H2,1-3H3. The second-order valence-electron chi connectivity index (χ2n) is 5.99. The third-order valence-corrected chi connectivity index (χ3v) is 4.95. The SMILES string of the molecule is Cc1cccc(SCC(CO)(NC(C)C)C2CC2)c1. The van der Waals surface area contributed by atoms with Gasteiger partial charge in [0, 0.05) is 16.7 Å². The van der Waals surface area contributed by atoms with Crippen LogP contribution in [0.4, 0.5) is 0 Å². The summed E-state index contributed by atoms with van der Waals surface area (Å²) in [6.45, 7) is 6.67. The van der Waals surface area contributed by atoms with Gasteiger partial charge in [0.25, 0.3) is 0 Å². The normalized spacial score (nSPS) is 18.6. The van der Waals surface area contributed by atoms with Gasteiger partial charge in [0.2, 0.25) is 0 Å². The van der Waals surface area contributed by atoms with Gasteiger partial charge in [-0.1, -0.05) is 31.5 Å². The smallest absolute Gasteiger partial charge is 0.0624 e. The molecule has 1 fully saturated rings. The molecule has 0 bridgehead atoms. The van der Waals surface area contributed by atoms with Crippen LogP contribution >= 0.6 is 11.8 Å². The molecule has 1 aromatic carbocycles. The Morgan fingerprint density at radius 1 is 1.42 bits per heavy atom. The molecule has 0 amide bonds. The van der Waals surface area contributed by atoms with E-state index >= 15 is 0 Å². The minimum absolute atomic E-state index is 0.109. The van der Waals surface area contributed by atoms with Crippen LogP contribution in [-0.2, 0) is 0 Å². The van der Waals surface area contributed by atoms with Crippen LogP contribution in [0, 0.1) is 12.8 Å². The number of aliphatic hydroxyl groups excluding tert-OH is 1. The molecule has 19 heavy (non-hydrogen) atoms. The number of benzene rings is 1. The maximum atomic E-state index is 9.89. The van der Waals surface area contributed by atoms with E-state index in [0.717, 1.165) is 5.75 Å². The Morgan fingerprint density at radius 2 is 2.16 bits per heavy atom. The van der Waals surface area contributed by atoms with Crippen LogP contribution in [0.25, 0.3) is 0 Å². The Bertz CT molecular complexity index is 417. The molecule has 1 aliphatic rings. The molecule has 0 aliphatic heterocycles. The zero-order valence-corrected chi connectivity index (χ0v) is 13.0. The molecule has 2 nitrogen and oxygen atoms in total. The zero-order valence-electron chi connectivity index (χ0n) is 12.1. The molecular weight excluding hydrogens is 254 g/mol. The molecule has 0 aromatic heterocycles. The Kier molecular flexibility index (Phi) is 4.93. The van der Waals surface area contributed by atoms with E-state index in [9.17, 15) is 5.11 Å². The van der Waals surface area contributed by atoms with Gasteiger partial charge >= 0.3 is 0 Å². The number of aryl methyl sites for hydroxylation is 1. The van der Waals surface area contributed by atoms with Gasteiger partial charge in [-0.05, 0) is 37.8 Å². The van der Waals surface area contributed by atoms with Gasteiger partial charge in [-0.15, -0.1) is 11.8 Å². The summed E-state index contributed by atoms with van der Waals surface area (Å²) in [4.78, 5) is 1.30. The average molecular weight is 279 g/mol. The third kappa shape index (κ3) is 3.98. The Hall–Kier alpha value is -0.510. The van der Waals surface area contributed by atoms with Gasteiger partial charge in [0.05, 0.1) is 12.1 Å². The highest BCUT2D eigenvalue weighted by Crippen LogP contribution is 2.42. The summed E-state index contributed by atoms with van der Waals surface area (Å²) in [5, 5.41) is 13.5. The number of aliphatic hydroxyl groups is 1. The Balaban J connectivity index is 2.03. The number of hydrogen-bond acceptors (Lipinski definition) is 3. The fraction of sp³-hybridized carbons (Fsp3) is 0.625. The van der Waals surface area contributed by atoms with Gasteiger partial charge in [-0.2, -0.15) is 0 Å². The lowest BCUT2D eigenvalue weighted by Gasteiger charge is -2.35. The summed E-state index contributed by atoms with van der Waals surface area (Å²) in [5.74, 6) is 1.58. The summed E-state index contributed by atoms with van der Waals surface area (Å²) in [5.41, 5.74) is 1.19. The van der Waals surface area contributed by atoms with E-state index in [2.05, 4.69) is 50.4 Å². The third-order valence-electron chi connectivity index (χ3n) is 3.70. The molecule has 1 aliphatic carbocycles. The topological polar surface area (TPSA) is 32.3 Å². The molecule has 3 heteroatoms. The van der Waals surface area contributed by atoms with Gasteiger partial charge in [0.1, 0.15) is 0 Å². The number of hydrogen-bond donors (Lipinski definition) is 2. The van der Waals surface area contributed by atoms with Crippen molar-refractivity contribution in [3.8, 4) is 0 Å². The van der Waals surface area contributed by atoms with Crippen LogP contribution in [0.2, 0.25) is 0 Å². The lowest BCUT2D eigenvalue weighted by atomic mass is 9.95. The van der Waals surface area contributed by atoms with Crippen LogP contribution in [0.15, 0.2) is 29.2 Å². The molecule has 1 aromatic rings. The molecule has 1 unspecified atom stereocenters. The Morgan fingerprint density at radius 3 is 2.68 bits per heavy atom. The van der Waals surface area contributed by atoms with E-state index in [4.69, 9.17) is 0 Å². The maximum absolute atomic E-state index is 9.89. The van der Waals surface area contributed by atoms with E-state index in [1.807, 2.05) is 11.8 Å². The first-order valence-electron chi connectivity index (χ1n) is 7.14. The van der Waals surface area contributed by atoms with Gasteiger partial charge < -0.3 is 10.4 Å². The minimum Gasteiger partial charge on any atom is -0.394 e. The molecule has 1 atom stereocenters. The zero-order chi connectivity index (χ0) is 13.9. The van der Waals surface area contributed by atoms with E-state index in [1.165, 1.54) is 23.3 Å². The fourth-order valence-electron chi connectivity index (χ4n) is 2.63. The molecule has 0 radical (unpaired) electrons. The second-order valence-corrected chi connectivity index (χ2v) is 7.04. The van der Waals surface area contributed by atoms with E-state index in [0.29, 0.717) is 12.0 Å². The molecular formula is C16H25NOS. The average Bonchev–Trinajstić information content (AvgIpc) is 3.19. The quantitative estimate of drug-likeness (QED) is 0.752. The molecule has 2 rings (SSSR count). The number of rotatable bonds is 7. The summed E-state index contributed by atoms with van der Waals surface area (Å²) >= 11 is 1.85. The Labute approximate surface area is 121 Å². The number of thioether (sulfide) groups is 1. The summed E-state index contributed by atoms with van der Waals surface area (Å²) in [6.07, 6.45) is 2.49. The fourth-order valence-corrected chi connectivity index (χ4v) is 3.90. The van der Waals surface area contributed by atoms with Crippen LogP contribution in [-0.4, -0.2) is 29.0 Å². The summed E-state index contributed by atoms with van der Waals surface area (Å²) in [7, 11) is 0. The number of nitrogens with one attached hydrogen (secondary N) is 1. The predicted octanol–water partition coefficient (Wildman–Crippen LogP) is 3.23. The maximum Gasteiger partial charge on any atom is 0.0624 e. The first kappa shape index (κ1) is 14.9. The van der Waals surface area contributed by atoms with Gasteiger partial charge in [0.15, 0.2) is 0 Å². The monoisotopic (exact) mass is 279 g/mol. The van der Waals surface area contributed by atoms with Crippen molar-refractivity contribution in [2.24, 2.45) is 5.92 Å². The molecule has 0 saturated heterocycles. The lowest BCUT2D eigenvalue weighted by molar-refractivity contribution is 0.150. The van der Waals surface area contributed by atoms with Crippen molar-refractivity contribution in [3.63, 3.8) is 0 Å². The predicted molar refractivity (Wildman–Crippen MR) is 82.7 cm³/mol. The van der Waals surface area contributed by atoms with Crippen LogP contribution in [0.1, 0.15) is 32.3 Å². The first-order chi connectivity index (χ1) is 9.05. The first-order valence-corrected chi connectivity index (χ1v) is 8.12. The molecule has 1 saturated carbocycles. The van der Waals surface area contributed by atoms with Crippen molar-refractivity contribution in [2.75, 3.05) is 12.4 Å². The van der Waals surface area contributed by atoms with Crippen molar-refractivity contribution < 1.29 is 5.11 Å². The largest absolute Gasteiger partial charge is 0.394 e. The second kappa shape index (κ2) is 6.29. The van der Waals surface area contributed by atoms with E-state index in [-0.39, 0.29) is 12.1 Å². The molecule has 0 spiro atoms. The van der Waals surface area contributed by atoms with Crippen LogP contribution < -0.4 is 5.32 Å².